The minimum absolute atomic E-state index is 0.0303. The molecule has 0 aliphatic carbocycles. The Balaban J connectivity index is 1.70. The first-order valence-corrected chi connectivity index (χ1v) is 8.43. The molecule has 1 aromatic heterocycles. The summed E-state index contributed by atoms with van der Waals surface area (Å²) in [6, 6.07) is 13.1. The molecular formula is C20H19FN4O2. The average molecular weight is 366 g/mol. The number of nitrogens with one attached hydrogen (secondary N) is 2. The monoisotopic (exact) mass is 366 g/mol. The van der Waals surface area contributed by atoms with Crippen LogP contribution in [0.4, 0.5) is 21.7 Å². The summed E-state index contributed by atoms with van der Waals surface area (Å²) in [5.74, 6) is 0.169. The summed E-state index contributed by atoms with van der Waals surface area (Å²) in [5.41, 5.74) is 1.35. The Bertz CT molecular complexity index is 929. The molecule has 3 rings (SSSR count). The minimum atomic E-state index is -0.425. The van der Waals surface area contributed by atoms with E-state index in [4.69, 9.17) is 4.74 Å². The van der Waals surface area contributed by atoms with Crippen molar-refractivity contribution in [2.24, 2.45) is 0 Å². The zero-order valence-corrected chi connectivity index (χ0v) is 14.9. The van der Waals surface area contributed by atoms with E-state index in [-0.39, 0.29) is 11.7 Å². The molecule has 0 unspecified atom stereocenters. The summed E-state index contributed by atoms with van der Waals surface area (Å²) < 4.78 is 18.9. The molecular weight excluding hydrogens is 347 g/mol. The maximum Gasteiger partial charge on any atom is 0.258 e. The minimum Gasteiger partial charge on any atom is -0.489 e. The number of amides is 1. The van der Waals surface area contributed by atoms with Gasteiger partial charge in [0.25, 0.3) is 5.91 Å². The predicted molar refractivity (Wildman–Crippen MR) is 102 cm³/mol. The second-order valence-corrected chi connectivity index (χ2v) is 6.05. The zero-order valence-electron chi connectivity index (χ0n) is 14.9. The van der Waals surface area contributed by atoms with Crippen LogP contribution in [0.3, 0.4) is 0 Å². The molecule has 6 nitrogen and oxygen atoms in total. The lowest BCUT2D eigenvalue weighted by atomic mass is 10.2. The Morgan fingerprint density at radius 2 is 1.81 bits per heavy atom. The van der Waals surface area contributed by atoms with Crippen LogP contribution in [0.25, 0.3) is 0 Å². The molecule has 1 heterocycles. The molecule has 0 bridgehead atoms. The van der Waals surface area contributed by atoms with Crippen LogP contribution >= 0.6 is 0 Å². The number of aromatic nitrogens is 2. The van der Waals surface area contributed by atoms with Gasteiger partial charge in [0.05, 0.1) is 17.4 Å². The molecule has 7 heteroatoms. The number of para-hydroxylation sites is 2. The highest BCUT2D eigenvalue weighted by Gasteiger charge is 2.10. The fourth-order valence-corrected chi connectivity index (χ4v) is 2.33. The van der Waals surface area contributed by atoms with Gasteiger partial charge in [0.15, 0.2) is 0 Å². The fourth-order valence-electron chi connectivity index (χ4n) is 2.33. The van der Waals surface area contributed by atoms with Crippen molar-refractivity contribution in [3.63, 3.8) is 0 Å². The van der Waals surface area contributed by atoms with Crippen molar-refractivity contribution in [3.8, 4) is 5.75 Å². The number of halogens is 1. The standard InChI is InChI=1S/C20H19FN4O2/c1-13(2)27-18-9-4-3-8-17(18)25-20-22-11-14(12-23-20)19(26)24-16-7-5-6-15(21)10-16/h3-13H,1-2H3,(H,24,26)(H,22,23,25). The van der Waals surface area contributed by atoms with E-state index in [0.29, 0.717) is 17.4 Å². The van der Waals surface area contributed by atoms with Gasteiger partial charge in [-0.1, -0.05) is 18.2 Å². The molecule has 3 aromatic rings. The Morgan fingerprint density at radius 1 is 1.07 bits per heavy atom. The van der Waals surface area contributed by atoms with Gasteiger partial charge >= 0.3 is 0 Å². The quantitative estimate of drug-likeness (QED) is 0.676. The van der Waals surface area contributed by atoms with Gasteiger partial charge in [0, 0.05) is 18.1 Å². The van der Waals surface area contributed by atoms with Crippen LogP contribution in [-0.4, -0.2) is 22.0 Å². The van der Waals surface area contributed by atoms with E-state index in [9.17, 15) is 9.18 Å². The first-order chi connectivity index (χ1) is 13.0. The molecule has 1 amide bonds. The van der Waals surface area contributed by atoms with E-state index in [1.54, 1.807) is 6.07 Å². The second kappa shape index (κ2) is 8.27. The van der Waals surface area contributed by atoms with Crippen LogP contribution in [0.2, 0.25) is 0 Å². The first kappa shape index (κ1) is 18.3. The molecule has 0 fully saturated rings. The van der Waals surface area contributed by atoms with Crippen LogP contribution in [0.15, 0.2) is 60.9 Å². The van der Waals surface area contributed by atoms with Crippen molar-refractivity contribution in [1.82, 2.24) is 9.97 Å². The molecule has 27 heavy (non-hydrogen) atoms. The number of carbonyl (C=O) groups excluding carboxylic acids is 1. The average Bonchev–Trinajstić information content (AvgIpc) is 2.63. The Kier molecular flexibility index (Phi) is 5.61. The normalized spacial score (nSPS) is 10.5. The highest BCUT2D eigenvalue weighted by molar-refractivity contribution is 6.03. The van der Waals surface area contributed by atoms with Crippen LogP contribution < -0.4 is 15.4 Å². The van der Waals surface area contributed by atoms with Gasteiger partial charge in [-0.3, -0.25) is 4.79 Å². The van der Waals surface area contributed by atoms with Gasteiger partial charge < -0.3 is 15.4 Å². The Labute approximate surface area is 156 Å². The first-order valence-electron chi connectivity index (χ1n) is 8.43. The Morgan fingerprint density at radius 3 is 2.52 bits per heavy atom. The molecule has 0 aliphatic heterocycles. The molecule has 0 atom stereocenters. The molecule has 0 spiro atoms. The number of anilines is 3. The maximum absolute atomic E-state index is 13.2. The fraction of sp³-hybridized carbons (Fsp3) is 0.150. The van der Waals surface area contributed by atoms with Gasteiger partial charge in [-0.2, -0.15) is 0 Å². The topological polar surface area (TPSA) is 76.1 Å². The van der Waals surface area contributed by atoms with Crippen molar-refractivity contribution in [2.75, 3.05) is 10.6 Å². The molecule has 0 saturated heterocycles. The lowest BCUT2D eigenvalue weighted by molar-refractivity contribution is 0.102. The summed E-state index contributed by atoms with van der Waals surface area (Å²) in [4.78, 5) is 20.5. The maximum atomic E-state index is 13.2. The SMILES string of the molecule is CC(C)Oc1ccccc1Nc1ncc(C(=O)Nc2cccc(F)c2)cn1. The summed E-state index contributed by atoms with van der Waals surface area (Å²) in [6.45, 7) is 3.89. The summed E-state index contributed by atoms with van der Waals surface area (Å²) in [5, 5.41) is 5.67. The number of carbonyl (C=O) groups is 1. The van der Waals surface area contributed by atoms with Crippen molar-refractivity contribution in [2.45, 2.75) is 20.0 Å². The van der Waals surface area contributed by atoms with E-state index in [0.717, 1.165) is 5.69 Å². The third kappa shape index (κ3) is 5.01. The molecule has 0 saturated carbocycles. The number of hydrogen-bond donors (Lipinski definition) is 2. The smallest absolute Gasteiger partial charge is 0.258 e. The molecule has 0 aliphatic rings. The number of ether oxygens (including phenoxy) is 1. The van der Waals surface area contributed by atoms with Crippen molar-refractivity contribution >= 4 is 23.2 Å². The number of nitrogens with zero attached hydrogens (tertiary/aromatic N) is 2. The van der Waals surface area contributed by atoms with E-state index < -0.39 is 11.7 Å². The van der Waals surface area contributed by atoms with Gasteiger partial charge in [-0.05, 0) is 44.2 Å². The highest BCUT2D eigenvalue weighted by atomic mass is 19.1. The Hall–Kier alpha value is -3.48. The van der Waals surface area contributed by atoms with Crippen LogP contribution in [0.5, 0.6) is 5.75 Å². The number of rotatable bonds is 6. The van der Waals surface area contributed by atoms with Gasteiger partial charge in [0.1, 0.15) is 11.6 Å². The zero-order chi connectivity index (χ0) is 19.2. The van der Waals surface area contributed by atoms with Crippen molar-refractivity contribution in [1.29, 1.82) is 0 Å². The van der Waals surface area contributed by atoms with Gasteiger partial charge in [-0.15, -0.1) is 0 Å². The van der Waals surface area contributed by atoms with Crippen molar-refractivity contribution < 1.29 is 13.9 Å². The van der Waals surface area contributed by atoms with E-state index in [1.807, 2.05) is 38.1 Å². The number of benzene rings is 2. The molecule has 2 aromatic carbocycles. The van der Waals surface area contributed by atoms with Crippen LogP contribution in [0, 0.1) is 5.82 Å². The second-order valence-electron chi connectivity index (χ2n) is 6.05. The third-order valence-electron chi connectivity index (χ3n) is 3.49. The van der Waals surface area contributed by atoms with E-state index in [1.165, 1.54) is 30.6 Å². The molecule has 2 N–H and O–H groups in total. The summed E-state index contributed by atoms with van der Waals surface area (Å²) >= 11 is 0. The van der Waals surface area contributed by atoms with Crippen LogP contribution in [0.1, 0.15) is 24.2 Å². The van der Waals surface area contributed by atoms with E-state index in [2.05, 4.69) is 20.6 Å². The largest absolute Gasteiger partial charge is 0.489 e. The van der Waals surface area contributed by atoms with Gasteiger partial charge in [0.2, 0.25) is 5.95 Å². The number of hydrogen-bond acceptors (Lipinski definition) is 5. The predicted octanol–water partition coefficient (Wildman–Crippen LogP) is 4.40. The van der Waals surface area contributed by atoms with E-state index >= 15 is 0 Å². The lowest BCUT2D eigenvalue weighted by Crippen LogP contribution is -2.13. The van der Waals surface area contributed by atoms with Crippen LogP contribution in [-0.2, 0) is 0 Å². The molecule has 138 valence electrons. The molecule has 0 radical (unpaired) electrons. The highest BCUT2D eigenvalue weighted by Crippen LogP contribution is 2.26. The third-order valence-corrected chi connectivity index (χ3v) is 3.49. The lowest BCUT2D eigenvalue weighted by Gasteiger charge is -2.14. The summed E-state index contributed by atoms with van der Waals surface area (Å²) in [7, 11) is 0. The summed E-state index contributed by atoms with van der Waals surface area (Å²) in [6.07, 6.45) is 2.83. The van der Waals surface area contributed by atoms with Crippen molar-refractivity contribution in [3.05, 3.63) is 72.3 Å². The van der Waals surface area contributed by atoms with Gasteiger partial charge in [-0.25, -0.2) is 14.4 Å².